The molecule has 0 unspecified atom stereocenters. The molecule has 0 bridgehead atoms. The fraction of sp³-hybridized carbons (Fsp3) is 0.480. The van der Waals surface area contributed by atoms with Crippen LogP contribution in [0.25, 0.3) is 0 Å². The Morgan fingerprint density at radius 3 is 1.80 bits per heavy atom. The summed E-state index contributed by atoms with van der Waals surface area (Å²) in [6, 6.07) is 10.5. The topological polar surface area (TPSA) is 55.8 Å². The first-order valence-electron chi connectivity index (χ1n) is 10.7. The summed E-state index contributed by atoms with van der Waals surface area (Å²) in [4.78, 5) is 12.0. The fourth-order valence-corrected chi connectivity index (χ4v) is 3.68. The Labute approximate surface area is 200 Å². The molecule has 0 spiro atoms. The Morgan fingerprint density at radius 2 is 1.37 bits per heavy atom. The van der Waals surface area contributed by atoms with E-state index in [2.05, 4.69) is 0 Å². The largest absolute Gasteiger partial charge is 0.469 e. The highest BCUT2D eigenvalue weighted by Crippen LogP contribution is 2.39. The summed E-state index contributed by atoms with van der Waals surface area (Å²) >= 11 is 0. The van der Waals surface area contributed by atoms with Crippen LogP contribution in [0.4, 0.5) is 26.3 Å². The van der Waals surface area contributed by atoms with Crippen molar-refractivity contribution in [2.45, 2.75) is 51.1 Å². The van der Waals surface area contributed by atoms with E-state index in [1.807, 2.05) is 19.1 Å². The SMILES string of the molecule is CO.COC(=O)[C@@H](C)C[C@@](C)(CO[C@H](C)c1cc(C(F)(F)F)cc(C(F)(F)F)c1)c1ccccc1. The third-order valence-corrected chi connectivity index (χ3v) is 5.56. The molecular formula is C25H30F6O4. The van der Waals surface area contributed by atoms with E-state index in [1.54, 1.807) is 25.1 Å². The van der Waals surface area contributed by atoms with E-state index in [-0.39, 0.29) is 18.2 Å². The highest BCUT2D eigenvalue weighted by molar-refractivity contribution is 5.72. The van der Waals surface area contributed by atoms with Crippen LogP contribution in [0, 0.1) is 5.92 Å². The predicted molar refractivity (Wildman–Crippen MR) is 119 cm³/mol. The highest BCUT2D eigenvalue weighted by atomic mass is 19.4. The summed E-state index contributed by atoms with van der Waals surface area (Å²) in [5.74, 6) is -0.942. The van der Waals surface area contributed by atoms with E-state index < -0.39 is 46.9 Å². The number of carbonyl (C=O) groups excluding carboxylic acids is 1. The molecule has 3 atom stereocenters. The summed E-state index contributed by atoms with van der Waals surface area (Å²) in [5.41, 5.74) is -2.97. The van der Waals surface area contributed by atoms with Gasteiger partial charge >= 0.3 is 18.3 Å². The van der Waals surface area contributed by atoms with Crippen molar-refractivity contribution in [1.82, 2.24) is 0 Å². The minimum absolute atomic E-state index is 0.0445. The molecule has 0 radical (unpaired) electrons. The molecule has 10 heteroatoms. The number of rotatable bonds is 8. The molecule has 0 heterocycles. The number of alkyl halides is 6. The highest BCUT2D eigenvalue weighted by Gasteiger charge is 2.38. The van der Waals surface area contributed by atoms with Crippen LogP contribution in [0.1, 0.15) is 55.5 Å². The number of methoxy groups -OCH3 is 1. The minimum Gasteiger partial charge on any atom is -0.469 e. The maximum atomic E-state index is 13.2. The van der Waals surface area contributed by atoms with Crippen molar-refractivity contribution in [3.8, 4) is 0 Å². The molecule has 0 fully saturated rings. The third-order valence-electron chi connectivity index (χ3n) is 5.56. The van der Waals surface area contributed by atoms with Crippen molar-refractivity contribution in [2.24, 2.45) is 5.92 Å². The van der Waals surface area contributed by atoms with Gasteiger partial charge in [0.2, 0.25) is 0 Å². The van der Waals surface area contributed by atoms with Gasteiger partial charge in [-0.15, -0.1) is 0 Å². The van der Waals surface area contributed by atoms with E-state index in [0.29, 0.717) is 18.6 Å². The van der Waals surface area contributed by atoms with Gasteiger partial charge in [0.1, 0.15) is 0 Å². The molecule has 2 aromatic carbocycles. The molecule has 4 nitrogen and oxygen atoms in total. The van der Waals surface area contributed by atoms with Gasteiger partial charge in [0.05, 0.1) is 36.9 Å². The van der Waals surface area contributed by atoms with Crippen molar-refractivity contribution in [3.63, 3.8) is 0 Å². The number of benzene rings is 2. The first-order chi connectivity index (χ1) is 16.2. The Bertz CT molecular complexity index is 911. The van der Waals surface area contributed by atoms with E-state index >= 15 is 0 Å². The van der Waals surface area contributed by atoms with Gasteiger partial charge in [0.15, 0.2) is 0 Å². The van der Waals surface area contributed by atoms with Crippen LogP contribution >= 0.6 is 0 Å². The van der Waals surface area contributed by atoms with Gasteiger partial charge in [-0.25, -0.2) is 0 Å². The molecule has 2 aromatic rings. The van der Waals surface area contributed by atoms with Crippen LogP contribution in [0.2, 0.25) is 0 Å². The van der Waals surface area contributed by atoms with E-state index in [1.165, 1.54) is 14.0 Å². The summed E-state index contributed by atoms with van der Waals surface area (Å²) in [5, 5.41) is 7.00. The second-order valence-electron chi connectivity index (χ2n) is 8.35. The first-order valence-corrected chi connectivity index (χ1v) is 10.7. The van der Waals surface area contributed by atoms with Gasteiger partial charge in [0.25, 0.3) is 0 Å². The second kappa shape index (κ2) is 12.4. The fourth-order valence-electron chi connectivity index (χ4n) is 3.68. The summed E-state index contributed by atoms with van der Waals surface area (Å²) in [6.07, 6.45) is -10.6. The van der Waals surface area contributed by atoms with E-state index in [0.717, 1.165) is 12.7 Å². The van der Waals surface area contributed by atoms with Crippen LogP contribution in [-0.2, 0) is 32.0 Å². The molecule has 0 aliphatic rings. The Kier molecular flexibility index (Phi) is 10.8. The first kappa shape index (κ1) is 30.4. The van der Waals surface area contributed by atoms with Crippen molar-refractivity contribution < 1.29 is 45.7 Å². The van der Waals surface area contributed by atoms with Gasteiger partial charge in [-0.2, -0.15) is 26.3 Å². The van der Waals surface area contributed by atoms with Crippen LogP contribution < -0.4 is 0 Å². The molecule has 0 amide bonds. The normalized spacial score (nSPS) is 15.3. The third kappa shape index (κ3) is 8.54. The van der Waals surface area contributed by atoms with Gasteiger partial charge in [-0.1, -0.05) is 44.2 Å². The van der Waals surface area contributed by atoms with Crippen LogP contribution in [-0.4, -0.2) is 31.9 Å². The number of carbonyl (C=O) groups is 1. The number of hydrogen-bond donors (Lipinski definition) is 1. The Morgan fingerprint density at radius 1 is 0.886 bits per heavy atom. The molecule has 196 valence electrons. The smallest absolute Gasteiger partial charge is 0.416 e. The Balaban J connectivity index is 0.00000298. The number of esters is 1. The maximum absolute atomic E-state index is 13.2. The second-order valence-corrected chi connectivity index (χ2v) is 8.35. The summed E-state index contributed by atoms with van der Waals surface area (Å²) < 4.78 is 89.8. The van der Waals surface area contributed by atoms with Crippen LogP contribution in [0.15, 0.2) is 48.5 Å². The number of hydrogen-bond acceptors (Lipinski definition) is 4. The monoisotopic (exact) mass is 508 g/mol. The molecular weight excluding hydrogens is 478 g/mol. The zero-order valence-electron chi connectivity index (χ0n) is 20.1. The average molecular weight is 508 g/mol. The number of aliphatic hydroxyl groups excluding tert-OH is 1. The lowest BCUT2D eigenvalue weighted by atomic mass is 9.76. The van der Waals surface area contributed by atoms with Gasteiger partial charge in [0, 0.05) is 12.5 Å². The van der Waals surface area contributed by atoms with Crippen LogP contribution in [0.3, 0.4) is 0 Å². The quantitative estimate of drug-likeness (QED) is 0.324. The number of ether oxygens (including phenoxy) is 2. The van der Waals surface area contributed by atoms with Gasteiger partial charge in [-0.3, -0.25) is 4.79 Å². The van der Waals surface area contributed by atoms with Gasteiger partial charge < -0.3 is 14.6 Å². The lowest BCUT2D eigenvalue weighted by molar-refractivity contribution is -0.146. The van der Waals surface area contributed by atoms with Crippen LogP contribution in [0.5, 0.6) is 0 Å². The van der Waals surface area contributed by atoms with Crippen molar-refractivity contribution >= 4 is 5.97 Å². The maximum Gasteiger partial charge on any atom is 0.416 e. The molecule has 0 aromatic heterocycles. The van der Waals surface area contributed by atoms with E-state index in [9.17, 15) is 31.1 Å². The average Bonchev–Trinajstić information content (AvgIpc) is 2.82. The van der Waals surface area contributed by atoms with Crippen molar-refractivity contribution in [2.75, 3.05) is 20.8 Å². The molecule has 2 rings (SSSR count). The molecule has 0 saturated heterocycles. The van der Waals surface area contributed by atoms with Gasteiger partial charge in [-0.05, 0) is 42.7 Å². The number of halogens is 6. The zero-order chi connectivity index (χ0) is 27.0. The zero-order valence-corrected chi connectivity index (χ0v) is 20.1. The number of aliphatic hydroxyl groups is 1. The summed E-state index contributed by atoms with van der Waals surface area (Å²) in [7, 11) is 2.27. The van der Waals surface area contributed by atoms with Crippen molar-refractivity contribution in [1.29, 1.82) is 0 Å². The Hall–Kier alpha value is -2.59. The molecule has 0 aliphatic heterocycles. The standard InChI is InChI=1S/C24H26F6O3.CH4O/c1-15(21(31)32-4)13-22(3,18-8-6-5-7-9-18)14-33-16(2)17-10-19(23(25,26)27)12-20(11-17)24(28,29)30;1-2/h5-12,15-16H,13-14H2,1-4H3;2H,1H3/t15-,16+,22-;/m0./s1. The lowest BCUT2D eigenvalue weighted by Gasteiger charge is -2.33. The molecule has 0 saturated carbocycles. The minimum atomic E-state index is -4.94. The van der Waals surface area contributed by atoms with E-state index in [4.69, 9.17) is 14.6 Å². The molecule has 35 heavy (non-hydrogen) atoms. The molecule has 1 N–H and O–H groups in total. The predicted octanol–water partition coefficient (Wildman–Crippen LogP) is 6.57. The van der Waals surface area contributed by atoms with Crippen molar-refractivity contribution in [3.05, 3.63) is 70.8 Å². The molecule has 0 aliphatic carbocycles. The summed E-state index contributed by atoms with van der Waals surface area (Å²) in [6.45, 7) is 4.85. The lowest BCUT2D eigenvalue weighted by Crippen LogP contribution is -2.33.